The third-order valence-corrected chi connectivity index (χ3v) is 14.0. The van der Waals surface area contributed by atoms with Gasteiger partial charge in [-0.2, -0.15) is 0 Å². The molecule has 0 aliphatic rings. The Hall–Kier alpha value is -7.95. The molecule has 0 fully saturated rings. The lowest BCUT2D eigenvalue weighted by atomic mass is 9.59. The molecule has 4 aromatic heterocycles. The van der Waals surface area contributed by atoms with Crippen LogP contribution in [0.3, 0.4) is 0 Å². The molecule has 74 heavy (non-hydrogen) atoms. The van der Waals surface area contributed by atoms with Crippen LogP contribution in [-0.2, 0) is 0 Å². The number of nitrogens with zero attached hydrogens (tertiary/aromatic N) is 4. The standard InChI is InChI=1S/C60H28B10N4/c61-47-45(48(62)52(66)55(69)51(47)65)39-11-3-9-37(27-39)43-23-19-31-15-13-29-17-21-41(71-57(29)59(31)73-43)35-7-1-5-33(25-35)34-6-2-8-36(26-34)42-22-18-30-14-16-32-20-24-44(74-60(32)58(30)72-42)38-10-4-12-40(28-38)46-49(63)53(67)56(70)54(68)50(46)64/h1-28H. The van der Waals surface area contributed by atoms with Crippen LogP contribution >= 0.6 is 0 Å². The van der Waals surface area contributed by atoms with Gasteiger partial charge in [-0.05, 0) is 81.9 Å². The van der Waals surface area contributed by atoms with Gasteiger partial charge in [0.05, 0.1) is 44.8 Å². The summed E-state index contributed by atoms with van der Waals surface area (Å²) >= 11 is 0. The number of hydrogen-bond donors (Lipinski definition) is 0. The van der Waals surface area contributed by atoms with Crippen molar-refractivity contribution in [2.45, 2.75) is 0 Å². The lowest BCUT2D eigenvalue weighted by Gasteiger charge is -2.21. The van der Waals surface area contributed by atoms with Gasteiger partial charge in [0, 0.05) is 43.8 Å². The number of benzene rings is 8. The molecule has 0 aliphatic carbocycles. The van der Waals surface area contributed by atoms with Gasteiger partial charge < -0.3 is 0 Å². The van der Waals surface area contributed by atoms with E-state index in [2.05, 4.69) is 97.1 Å². The van der Waals surface area contributed by atoms with E-state index in [1.165, 1.54) is 0 Å². The minimum Gasteiger partial charge on any atom is -0.245 e. The first-order valence-corrected chi connectivity index (χ1v) is 23.7. The van der Waals surface area contributed by atoms with Crippen LogP contribution < -0.4 is 54.6 Å². The zero-order valence-electron chi connectivity index (χ0n) is 39.7. The third kappa shape index (κ3) is 8.03. The molecular formula is C60H28B10N4. The summed E-state index contributed by atoms with van der Waals surface area (Å²) < 4.78 is 0. The normalized spacial score (nSPS) is 11.5. The summed E-state index contributed by atoms with van der Waals surface area (Å²) in [7, 11) is 62.9. The summed E-state index contributed by atoms with van der Waals surface area (Å²) in [6.07, 6.45) is 0. The Balaban J connectivity index is 0.870. The Labute approximate surface area is 442 Å². The maximum atomic E-state index is 6.44. The Kier molecular flexibility index (Phi) is 11.8. The highest BCUT2D eigenvalue weighted by atomic mass is 14.8. The fourth-order valence-electron chi connectivity index (χ4n) is 9.88. The Morgan fingerprint density at radius 1 is 0.203 bits per heavy atom. The van der Waals surface area contributed by atoms with E-state index in [0.717, 1.165) is 111 Å². The van der Waals surface area contributed by atoms with E-state index >= 15 is 0 Å². The van der Waals surface area contributed by atoms with Crippen LogP contribution in [0, 0.1) is 0 Å². The molecule has 0 spiro atoms. The molecule has 0 N–H and O–H groups in total. The second kappa shape index (κ2) is 18.5. The minimum absolute atomic E-state index is 0.170. The van der Waals surface area contributed by atoms with E-state index in [9.17, 15) is 0 Å². The van der Waals surface area contributed by atoms with E-state index in [1.54, 1.807) is 0 Å². The minimum atomic E-state index is 0.170. The molecular weight excluding hydrogens is 885 g/mol. The number of rotatable bonds is 7. The Morgan fingerprint density at radius 2 is 0.405 bits per heavy atom. The zero-order valence-corrected chi connectivity index (χ0v) is 39.7. The molecule has 0 aliphatic heterocycles. The quantitative estimate of drug-likeness (QED) is 0.182. The van der Waals surface area contributed by atoms with Gasteiger partial charge in [-0.25, -0.2) is 19.9 Å². The van der Waals surface area contributed by atoms with Gasteiger partial charge in [-0.15, -0.1) is 32.8 Å². The van der Waals surface area contributed by atoms with Crippen molar-refractivity contribution in [2.24, 2.45) is 0 Å². The van der Waals surface area contributed by atoms with Crippen molar-refractivity contribution in [2.75, 3.05) is 0 Å². The monoisotopic (exact) mass is 914 g/mol. The molecule has 14 heteroatoms. The van der Waals surface area contributed by atoms with E-state index in [-0.39, 0.29) is 54.6 Å². The first-order valence-electron chi connectivity index (χ1n) is 23.7. The molecule has 0 bridgehead atoms. The van der Waals surface area contributed by atoms with Crippen molar-refractivity contribution < 1.29 is 0 Å². The van der Waals surface area contributed by atoms with E-state index in [1.807, 2.05) is 72.8 Å². The highest BCUT2D eigenvalue weighted by Gasteiger charge is 2.17. The van der Waals surface area contributed by atoms with Gasteiger partial charge in [0.1, 0.15) is 78.5 Å². The molecule has 4 heterocycles. The summed E-state index contributed by atoms with van der Waals surface area (Å²) in [4.78, 5) is 20.9. The third-order valence-electron chi connectivity index (χ3n) is 14.0. The van der Waals surface area contributed by atoms with E-state index < -0.39 is 0 Å². The molecule has 20 radical (unpaired) electrons. The van der Waals surface area contributed by atoms with Crippen LogP contribution in [0.2, 0.25) is 0 Å². The summed E-state index contributed by atoms with van der Waals surface area (Å²) in [5.74, 6) is 0. The van der Waals surface area contributed by atoms with Crippen LogP contribution in [0.4, 0.5) is 0 Å². The predicted molar refractivity (Wildman–Crippen MR) is 320 cm³/mol. The smallest absolute Gasteiger partial charge is 0.113 e. The fraction of sp³-hybridized carbons (Fsp3) is 0. The molecule has 0 atom stereocenters. The molecule has 8 aromatic carbocycles. The largest absolute Gasteiger partial charge is 0.245 e. The summed E-state index contributed by atoms with van der Waals surface area (Å²) in [6, 6.07) is 57.0. The van der Waals surface area contributed by atoms with Crippen molar-refractivity contribution in [3.05, 3.63) is 170 Å². The lowest BCUT2D eigenvalue weighted by Crippen LogP contribution is -2.55. The molecule has 12 rings (SSSR count). The molecule has 12 aromatic rings. The number of aromatic nitrogens is 4. The molecule has 4 nitrogen and oxygen atoms in total. The molecule has 0 amide bonds. The predicted octanol–water partition coefficient (Wildman–Crippen LogP) is 3.49. The highest BCUT2D eigenvalue weighted by Crippen LogP contribution is 2.34. The van der Waals surface area contributed by atoms with Gasteiger partial charge in [-0.1, -0.05) is 143 Å². The van der Waals surface area contributed by atoms with Gasteiger partial charge in [0.2, 0.25) is 0 Å². The average Bonchev–Trinajstić information content (AvgIpc) is 3.44. The topological polar surface area (TPSA) is 51.6 Å². The van der Waals surface area contributed by atoms with Crippen LogP contribution in [0.15, 0.2) is 170 Å². The summed E-state index contributed by atoms with van der Waals surface area (Å²) in [5, 5.41) is 3.86. The average molecular weight is 913 g/mol. The number of pyridine rings is 4. The van der Waals surface area contributed by atoms with Crippen molar-refractivity contribution in [3.63, 3.8) is 0 Å². The van der Waals surface area contributed by atoms with Gasteiger partial charge in [-0.3, -0.25) is 0 Å². The van der Waals surface area contributed by atoms with Crippen LogP contribution in [0.1, 0.15) is 0 Å². The van der Waals surface area contributed by atoms with Gasteiger partial charge >= 0.3 is 0 Å². The number of fused-ring (bicyclic) bond motifs is 6. The first kappa shape index (κ1) is 47.1. The van der Waals surface area contributed by atoms with Gasteiger partial charge in [0.15, 0.2) is 0 Å². The lowest BCUT2D eigenvalue weighted by molar-refractivity contribution is 1.36. The highest BCUT2D eigenvalue weighted by molar-refractivity contribution is 6.70. The van der Waals surface area contributed by atoms with E-state index in [4.69, 9.17) is 98.4 Å². The van der Waals surface area contributed by atoms with Crippen molar-refractivity contribution in [1.82, 2.24) is 19.9 Å². The maximum absolute atomic E-state index is 6.44. The van der Waals surface area contributed by atoms with E-state index in [0.29, 0.717) is 11.1 Å². The van der Waals surface area contributed by atoms with Crippen molar-refractivity contribution >= 4 is 177 Å². The van der Waals surface area contributed by atoms with Crippen LogP contribution in [0.25, 0.3) is 122 Å². The molecule has 0 unspecified atom stereocenters. The number of hydrogen-bond acceptors (Lipinski definition) is 4. The summed E-state index contributed by atoms with van der Waals surface area (Å²) in [6.45, 7) is 0. The first-order chi connectivity index (χ1) is 35.8. The van der Waals surface area contributed by atoms with Crippen LogP contribution in [0.5, 0.6) is 0 Å². The second-order valence-corrected chi connectivity index (χ2v) is 18.4. The Bertz CT molecular complexity index is 4020. The summed E-state index contributed by atoms with van der Waals surface area (Å²) in [5.41, 5.74) is 16.7. The van der Waals surface area contributed by atoms with Crippen LogP contribution in [-0.4, -0.2) is 98.4 Å². The second-order valence-electron chi connectivity index (χ2n) is 18.4. The maximum Gasteiger partial charge on any atom is 0.113 e. The molecule has 0 saturated carbocycles. The fourth-order valence-corrected chi connectivity index (χ4v) is 9.88. The molecule has 0 saturated heterocycles. The van der Waals surface area contributed by atoms with Crippen molar-refractivity contribution in [3.8, 4) is 78.4 Å². The molecule has 318 valence electrons. The van der Waals surface area contributed by atoms with Crippen molar-refractivity contribution in [1.29, 1.82) is 0 Å². The zero-order chi connectivity index (χ0) is 51.1. The SMILES string of the molecule is [B]c1c([B])c([B])c(-c2cccc(-c3ccc4ccc5ccc(-c6cccc(-c7cccc(-c8ccc9ccc%10ccc(-c%11cccc(-c%12c([B])c([B])c([B])c([B])c%12[B])c%11)nc%10c9n8)c7)c6)nc5c4n3)c2)c([B])c1[B]. The van der Waals surface area contributed by atoms with Gasteiger partial charge in [0.25, 0.3) is 0 Å². The Morgan fingerprint density at radius 3 is 0.676 bits per heavy atom.